The van der Waals surface area contributed by atoms with E-state index in [0.29, 0.717) is 5.92 Å². The van der Waals surface area contributed by atoms with Crippen molar-refractivity contribution in [3.05, 3.63) is 53.3 Å². The lowest BCUT2D eigenvalue weighted by Gasteiger charge is -2.04. The third-order valence-electron chi connectivity index (χ3n) is 4.08. The van der Waals surface area contributed by atoms with Gasteiger partial charge in [-0.2, -0.15) is 0 Å². The lowest BCUT2D eigenvalue weighted by atomic mass is 10.2. The van der Waals surface area contributed by atoms with Crippen molar-refractivity contribution in [1.29, 1.82) is 0 Å². The van der Waals surface area contributed by atoms with E-state index in [-0.39, 0.29) is 0 Å². The first-order valence-electron chi connectivity index (χ1n) is 7.09. The van der Waals surface area contributed by atoms with Crippen LogP contribution in [0.4, 0.5) is 5.69 Å². The summed E-state index contributed by atoms with van der Waals surface area (Å²) in [5, 5.41) is 6.86. The standard InChI is InChI=1S/C17H17NOS/c1-11-8-15(11)16-4-3-14(19-16)10-18-13-2-5-17-12(9-13)6-7-20-17/h2-7,9,11,15,18H,8,10H2,1H3. The van der Waals surface area contributed by atoms with E-state index in [1.807, 2.05) is 0 Å². The van der Waals surface area contributed by atoms with Gasteiger partial charge in [-0.3, -0.25) is 0 Å². The summed E-state index contributed by atoms with van der Waals surface area (Å²) in [5.41, 5.74) is 1.15. The fraction of sp³-hybridized carbons (Fsp3) is 0.294. The second-order valence-corrected chi connectivity index (χ2v) is 6.60. The maximum atomic E-state index is 5.91. The molecule has 1 aliphatic rings. The normalized spacial score (nSPS) is 21.2. The van der Waals surface area contributed by atoms with Gasteiger partial charge in [-0.25, -0.2) is 0 Å². The topological polar surface area (TPSA) is 25.2 Å². The van der Waals surface area contributed by atoms with Crippen molar-refractivity contribution in [3.63, 3.8) is 0 Å². The van der Waals surface area contributed by atoms with Gasteiger partial charge in [0, 0.05) is 16.3 Å². The molecule has 20 heavy (non-hydrogen) atoms. The molecule has 0 aliphatic heterocycles. The summed E-state index contributed by atoms with van der Waals surface area (Å²) < 4.78 is 7.24. The predicted molar refractivity (Wildman–Crippen MR) is 84.4 cm³/mol. The van der Waals surface area contributed by atoms with Gasteiger partial charge >= 0.3 is 0 Å². The van der Waals surface area contributed by atoms with E-state index in [1.54, 1.807) is 11.3 Å². The molecule has 2 unspecified atom stereocenters. The molecule has 2 atom stereocenters. The Balaban J connectivity index is 1.45. The first-order chi connectivity index (χ1) is 9.79. The van der Waals surface area contributed by atoms with Gasteiger partial charge in [-0.15, -0.1) is 11.3 Å². The van der Waals surface area contributed by atoms with Crippen molar-refractivity contribution in [2.45, 2.75) is 25.8 Å². The Kier molecular flexibility index (Phi) is 2.81. The van der Waals surface area contributed by atoms with E-state index >= 15 is 0 Å². The van der Waals surface area contributed by atoms with Crippen LogP contribution in [-0.2, 0) is 6.54 Å². The van der Waals surface area contributed by atoms with Crippen molar-refractivity contribution >= 4 is 27.1 Å². The van der Waals surface area contributed by atoms with Gasteiger partial charge in [0.1, 0.15) is 11.5 Å². The molecule has 1 aliphatic carbocycles. The molecule has 1 N–H and O–H groups in total. The number of hydrogen-bond donors (Lipinski definition) is 1. The summed E-state index contributed by atoms with van der Waals surface area (Å²) in [6.45, 7) is 3.03. The molecule has 2 nitrogen and oxygen atoms in total. The Bertz CT molecular complexity index is 742. The number of furan rings is 1. The molecule has 3 heteroatoms. The fourth-order valence-electron chi connectivity index (χ4n) is 2.67. The van der Waals surface area contributed by atoms with Crippen LogP contribution in [0.2, 0.25) is 0 Å². The maximum absolute atomic E-state index is 5.91. The Labute approximate surface area is 122 Å². The van der Waals surface area contributed by atoms with Crippen molar-refractivity contribution in [2.75, 3.05) is 5.32 Å². The number of thiophene rings is 1. The molecule has 1 saturated carbocycles. The van der Waals surface area contributed by atoms with Crippen LogP contribution >= 0.6 is 11.3 Å². The van der Waals surface area contributed by atoms with Crippen LogP contribution in [-0.4, -0.2) is 0 Å². The number of fused-ring (bicyclic) bond motifs is 1. The predicted octanol–water partition coefficient (Wildman–Crippen LogP) is 5.23. The second-order valence-electron chi connectivity index (χ2n) is 5.65. The van der Waals surface area contributed by atoms with Crippen LogP contribution in [0.5, 0.6) is 0 Å². The molecule has 4 rings (SSSR count). The van der Waals surface area contributed by atoms with Crippen LogP contribution in [0, 0.1) is 5.92 Å². The van der Waals surface area contributed by atoms with Crippen LogP contribution in [0.1, 0.15) is 30.8 Å². The van der Waals surface area contributed by atoms with Gasteiger partial charge in [-0.1, -0.05) is 6.92 Å². The number of anilines is 1. The van der Waals surface area contributed by atoms with Crippen LogP contribution in [0.15, 0.2) is 46.2 Å². The minimum absolute atomic E-state index is 0.658. The zero-order valence-corrected chi connectivity index (χ0v) is 12.2. The highest BCUT2D eigenvalue weighted by molar-refractivity contribution is 7.17. The van der Waals surface area contributed by atoms with Crippen molar-refractivity contribution < 1.29 is 4.42 Å². The minimum atomic E-state index is 0.658. The monoisotopic (exact) mass is 283 g/mol. The van der Waals surface area contributed by atoms with Crippen LogP contribution in [0.25, 0.3) is 10.1 Å². The molecule has 0 amide bonds. The highest BCUT2D eigenvalue weighted by Crippen LogP contribution is 2.47. The molecule has 0 saturated heterocycles. The SMILES string of the molecule is CC1CC1c1ccc(CNc2ccc3sccc3c2)o1. The van der Waals surface area contributed by atoms with Gasteiger partial charge in [0.25, 0.3) is 0 Å². The number of hydrogen-bond acceptors (Lipinski definition) is 3. The molecule has 102 valence electrons. The van der Waals surface area contributed by atoms with E-state index in [1.165, 1.54) is 16.5 Å². The molecule has 2 heterocycles. The summed E-state index contributed by atoms with van der Waals surface area (Å²) >= 11 is 1.78. The van der Waals surface area contributed by atoms with Gasteiger partial charge < -0.3 is 9.73 Å². The van der Waals surface area contributed by atoms with Crippen LogP contribution < -0.4 is 5.32 Å². The van der Waals surface area contributed by atoms with Gasteiger partial charge in [0.15, 0.2) is 0 Å². The maximum Gasteiger partial charge on any atom is 0.123 e. The van der Waals surface area contributed by atoms with Gasteiger partial charge in [-0.05, 0) is 59.5 Å². The summed E-state index contributed by atoms with van der Waals surface area (Å²) in [7, 11) is 0. The summed E-state index contributed by atoms with van der Waals surface area (Å²) in [6, 6.07) is 12.9. The molecular formula is C17H17NOS. The largest absolute Gasteiger partial charge is 0.464 e. The average molecular weight is 283 g/mol. The Morgan fingerprint density at radius 3 is 3.00 bits per heavy atom. The Morgan fingerprint density at radius 2 is 2.15 bits per heavy atom. The highest BCUT2D eigenvalue weighted by Gasteiger charge is 2.36. The smallest absolute Gasteiger partial charge is 0.123 e. The number of benzene rings is 1. The lowest BCUT2D eigenvalue weighted by molar-refractivity contribution is 0.468. The molecule has 2 aromatic heterocycles. The zero-order valence-electron chi connectivity index (χ0n) is 11.4. The van der Waals surface area contributed by atoms with Crippen LogP contribution in [0.3, 0.4) is 0 Å². The molecule has 1 fully saturated rings. The first kappa shape index (κ1) is 12.0. The van der Waals surface area contributed by atoms with E-state index in [2.05, 4.69) is 54.0 Å². The molecular weight excluding hydrogens is 266 g/mol. The highest BCUT2D eigenvalue weighted by atomic mass is 32.1. The van der Waals surface area contributed by atoms with Gasteiger partial charge in [0.05, 0.1) is 6.54 Å². The molecule has 0 radical (unpaired) electrons. The third-order valence-corrected chi connectivity index (χ3v) is 4.97. The van der Waals surface area contributed by atoms with Crippen molar-refractivity contribution in [2.24, 2.45) is 5.92 Å². The van der Waals surface area contributed by atoms with Gasteiger partial charge in [0.2, 0.25) is 0 Å². The Morgan fingerprint density at radius 1 is 1.25 bits per heavy atom. The Hall–Kier alpha value is -1.74. The van der Waals surface area contributed by atoms with E-state index in [9.17, 15) is 0 Å². The van der Waals surface area contributed by atoms with E-state index in [0.717, 1.165) is 29.7 Å². The average Bonchev–Trinajstić information content (AvgIpc) is 2.91. The quantitative estimate of drug-likeness (QED) is 0.709. The first-order valence-corrected chi connectivity index (χ1v) is 7.97. The summed E-state index contributed by atoms with van der Waals surface area (Å²) in [5.74, 6) is 3.63. The number of rotatable bonds is 4. The molecule has 1 aromatic carbocycles. The van der Waals surface area contributed by atoms with E-state index < -0.39 is 0 Å². The molecule has 0 spiro atoms. The minimum Gasteiger partial charge on any atom is -0.464 e. The fourth-order valence-corrected chi connectivity index (χ4v) is 3.44. The van der Waals surface area contributed by atoms with Crippen molar-refractivity contribution in [3.8, 4) is 0 Å². The molecule has 0 bridgehead atoms. The third kappa shape index (κ3) is 2.22. The second kappa shape index (κ2) is 4.67. The number of nitrogens with one attached hydrogen (secondary N) is 1. The van der Waals surface area contributed by atoms with Crippen molar-refractivity contribution in [1.82, 2.24) is 0 Å². The van der Waals surface area contributed by atoms with E-state index in [4.69, 9.17) is 4.42 Å². The lowest BCUT2D eigenvalue weighted by Crippen LogP contribution is -1.97. The summed E-state index contributed by atoms with van der Waals surface area (Å²) in [4.78, 5) is 0. The molecule has 3 aromatic rings. The summed E-state index contributed by atoms with van der Waals surface area (Å²) in [6.07, 6.45) is 1.27. The zero-order chi connectivity index (χ0) is 13.5.